The average Bonchev–Trinajstić information content (AvgIpc) is 2.91. The maximum absolute atomic E-state index is 4.59. The fourth-order valence-electron chi connectivity index (χ4n) is 2.98. The van der Waals surface area contributed by atoms with E-state index < -0.39 is 0 Å². The molecule has 0 aliphatic heterocycles. The number of aromatic nitrogens is 1. The molecular weight excluding hydrogens is 398 g/mol. The zero-order chi connectivity index (χ0) is 11.6. The molecule has 1 aliphatic rings. The van der Waals surface area contributed by atoms with Gasteiger partial charge < -0.3 is 0 Å². The van der Waals surface area contributed by atoms with Crippen LogP contribution in [0.3, 0.4) is 0 Å². The third-order valence-electron chi connectivity index (χ3n) is 3.84. The monoisotopic (exact) mass is 415 g/mol. The first kappa shape index (κ1) is 13.5. The molecule has 95 valence electrons. The van der Waals surface area contributed by atoms with E-state index in [0.29, 0.717) is 0 Å². The maximum atomic E-state index is 4.59. The van der Waals surface area contributed by atoms with Gasteiger partial charge >= 0.3 is 0 Å². The smallest absolute Gasteiger partial charge is 0.0488 e. The van der Waals surface area contributed by atoms with Crippen molar-refractivity contribution >= 4 is 0 Å². The van der Waals surface area contributed by atoms with E-state index in [2.05, 4.69) is 35.3 Å². The second-order valence-corrected chi connectivity index (χ2v) is 4.78. The van der Waals surface area contributed by atoms with Gasteiger partial charge in [0.2, 0.25) is 0 Å². The van der Waals surface area contributed by atoms with Gasteiger partial charge in [0.15, 0.2) is 0 Å². The Hall–Kier alpha value is -0.981. The van der Waals surface area contributed by atoms with Gasteiger partial charge in [-0.15, -0.1) is 0 Å². The summed E-state index contributed by atoms with van der Waals surface area (Å²) in [6.45, 7) is 0. The van der Waals surface area contributed by atoms with Crippen LogP contribution < -0.4 is 0 Å². The molecule has 0 saturated heterocycles. The van der Waals surface area contributed by atoms with Crippen molar-refractivity contribution in [3.63, 3.8) is 0 Å². The molecule has 0 bridgehead atoms. The molecule has 0 unspecified atom stereocenters. The molecule has 1 aliphatic carbocycles. The van der Waals surface area contributed by atoms with Crippen LogP contribution in [0, 0.1) is 6.07 Å². The first-order chi connectivity index (χ1) is 8.42. The van der Waals surface area contributed by atoms with Gasteiger partial charge in [0.1, 0.15) is 0 Å². The maximum Gasteiger partial charge on any atom is 0.0488 e. The Balaban J connectivity index is 0.00000120. The molecule has 1 aromatic carbocycles. The van der Waals surface area contributed by atoms with Crippen molar-refractivity contribution in [2.75, 3.05) is 0 Å². The van der Waals surface area contributed by atoms with Crippen molar-refractivity contribution in [3.8, 4) is 0 Å². The molecular formula is C16H16IrN-. The molecule has 0 atom stereocenters. The quantitative estimate of drug-likeness (QED) is 0.683. The van der Waals surface area contributed by atoms with Crippen molar-refractivity contribution in [2.45, 2.75) is 31.1 Å². The first-order valence-corrected chi connectivity index (χ1v) is 6.30. The van der Waals surface area contributed by atoms with Gasteiger partial charge in [-0.3, -0.25) is 4.98 Å². The van der Waals surface area contributed by atoms with Crippen LogP contribution in [-0.4, -0.2) is 4.98 Å². The number of rotatable bonds is 2. The van der Waals surface area contributed by atoms with E-state index in [9.17, 15) is 0 Å². The summed E-state index contributed by atoms with van der Waals surface area (Å²) in [5.41, 5.74) is 2.62. The summed E-state index contributed by atoms with van der Waals surface area (Å²) in [6, 6.07) is 18.0. The average molecular weight is 415 g/mol. The van der Waals surface area contributed by atoms with E-state index in [4.69, 9.17) is 0 Å². The Bertz CT molecular complexity index is 433. The third-order valence-corrected chi connectivity index (χ3v) is 3.84. The molecule has 3 rings (SSSR count). The molecule has 2 heteroatoms. The van der Waals surface area contributed by atoms with Gasteiger partial charge in [-0.1, -0.05) is 18.9 Å². The van der Waals surface area contributed by atoms with Gasteiger partial charge in [0.25, 0.3) is 0 Å². The van der Waals surface area contributed by atoms with Gasteiger partial charge in [0, 0.05) is 37.4 Å². The van der Waals surface area contributed by atoms with E-state index in [0.717, 1.165) is 0 Å². The van der Waals surface area contributed by atoms with Gasteiger partial charge in [-0.25, -0.2) is 0 Å². The Morgan fingerprint density at radius 3 is 2.39 bits per heavy atom. The van der Waals surface area contributed by atoms with Crippen molar-refractivity contribution in [1.82, 2.24) is 4.98 Å². The van der Waals surface area contributed by atoms with Crippen molar-refractivity contribution < 1.29 is 20.1 Å². The molecule has 0 spiro atoms. The predicted molar refractivity (Wildman–Crippen MR) is 68.8 cm³/mol. The molecule has 1 heterocycles. The van der Waals surface area contributed by atoms with E-state index in [1.807, 2.05) is 24.4 Å². The number of hydrogen-bond donors (Lipinski definition) is 0. The topological polar surface area (TPSA) is 12.9 Å². The third kappa shape index (κ3) is 2.28. The molecule has 1 aromatic heterocycles. The molecule has 1 fully saturated rings. The number of benzene rings is 1. The standard InChI is InChI=1S/C16H16N.Ir/c1-2-8-14(9-3-1)16(11-5-6-12-16)15-10-4-7-13-17-15;/h1-4,7-8,10,13H,5-6,11-12H2;/q-1;. The summed E-state index contributed by atoms with van der Waals surface area (Å²) in [5, 5.41) is 0. The first-order valence-electron chi connectivity index (χ1n) is 6.30. The normalized spacial score (nSPS) is 17.1. The van der Waals surface area contributed by atoms with Gasteiger partial charge in [-0.2, -0.15) is 35.9 Å². The summed E-state index contributed by atoms with van der Waals surface area (Å²) < 4.78 is 0. The second-order valence-electron chi connectivity index (χ2n) is 4.78. The number of hydrogen-bond acceptors (Lipinski definition) is 1. The predicted octanol–water partition coefficient (Wildman–Crippen LogP) is 3.74. The summed E-state index contributed by atoms with van der Waals surface area (Å²) in [7, 11) is 0. The zero-order valence-electron chi connectivity index (χ0n) is 10.2. The van der Waals surface area contributed by atoms with E-state index in [1.165, 1.54) is 36.9 Å². The fourth-order valence-corrected chi connectivity index (χ4v) is 2.98. The molecule has 2 aromatic rings. The van der Waals surface area contributed by atoms with Crippen molar-refractivity contribution in [1.29, 1.82) is 0 Å². The van der Waals surface area contributed by atoms with E-state index >= 15 is 0 Å². The van der Waals surface area contributed by atoms with Crippen LogP contribution in [0.4, 0.5) is 0 Å². The van der Waals surface area contributed by atoms with Crippen molar-refractivity contribution in [2.24, 2.45) is 0 Å². The Morgan fingerprint density at radius 2 is 1.78 bits per heavy atom. The van der Waals surface area contributed by atoms with Gasteiger partial charge in [0.05, 0.1) is 0 Å². The Labute approximate surface area is 122 Å². The molecule has 18 heavy (non-hydrogen) atoms. The Morgan fingerprint density at radius 1 is 1.00 bits per heavy atom. The minimum atomic E-state index is 0. The van der Waals surface area contributed by atoms with Crippen LogP contribution in [-0.2, 0) is 25.5 Å². The second kappa shape index (κ2) is 5.77. The van der Waals surface area contributed by atoms with Crippen LogP contribution in [0.1, 0.15) is 36.9 Å². The van der Waals surface area contributed by atoms with Crippen molar-refractivity contribution in [3.05, 3.63) is 66.0 Å². The molecule has 1 nitrogen and oxygen atoms in total. The van der Waals surface area contributed by atoms with Crippen LogP contribution in [0.15, 0.2) is 48.7 Å². The molecule has 1 saturated carbocycles. The van der Waals surface area contributed by atoms with Crippen LogP contribution in [0.2, 0.25) is 0 Å². The summed E-state index contributed by atoms with van der Waals surface area (Å²) >= 11 is 0. The summed E-state index contributed by atoms with van der Waals surface area (Å²) in [4.78, 5) is 4.59. The van der Waals surface area contributed by atoms with E-state index in [-0.39, 0.29) is 25.5 Å². The number of pyridine rings is 1. The van der Waals surface area contributed by atoms with Crippen LogP contribution >= 0.6 is 0 Å². The molecule has 0 N–H and O–H groups in total. The minimum absolute atomic E-state index is 0. The summed E-state index contributed by atoms with van der Waals surface area (Å²) in [6.07, 6.45) is 6.88. The molecule has 1 radical (unpaired) electrons. The Kier molecular flexibility index (Phi) is 4.31. The van der Waals surface area contributed by atoms with Gasteiger partial charge in [-0.05, 0) is 25.0 Å². The number of nitrogens with zero attached hydrogens (tertiary/aromatic N) is 1. The van der Waals surface area contributed by atoms with Crippen LogP contribution in [0.5, 0.6) is 0 Å². The molecule has 0 amide bonds. The zero-order valence-corrected chi connectivity index (χ0v) is 12.6. The fraction of sp³-hybridized carbons (Fsp3) is 0.312. The van der Waals surface area contributed by atoms with Crippen LogP contribution in [0.25, 0.3) is 0 Å². The summed E-state index contributed by atoms with van der Waals surface area (Å²) in [5.74, 6) is 0. The van der Waals surface area contributed by atoms with E-state index in [1.54, 1.807) is 0 Å². The largest absolute Gasteiger partial charge is 0.260 e. The SMILES string of the molecule is [Ir].[c-]1ccccc1C1(c2ccccn2)CCCC1. The minimum Gasteiger partial charge on any atom is -0.260 e.